The van der Waals surface area contributed by atoms with Crippen LogP contribution in [0.15, 0.2) is 71.6 Å². The number of unbranched alkanes of at least 4 members (excludes halogenated alkanes) is 2. The van der Waals surface area contributed by atoms with Crippen LogP contribution in [0.25, 0.3) is 0 Å². The minimum atomic E-state index is -3.96. The second kappa shape index (κ2) is 8.96. The van der Waals surface area contributed by atoms with Gasteiger partial charge in [0.2, 0.25) is 0 Å². The molecule has 7 heteroatoms. The van der Waals surface area contributed by atoms with Gasteiger partial charge in [-0.05, 0) is 48.9 Å². The maximum Gasteiger partial charge on any atom is 0.261 e. The van der Waals surface area contributed by atoms with E-state index in [2.05, 4.69) is 11.6 Å². The fourth-order valence-electron chi connectivity index (χ4n) is 3.62. The topological polar surface area (TPSA) is 89.5 Å². The zero-order valence-electron chi connectivity index (χ0n) is 17.6. The number of anilines is 1. The molecule has 0 aliphatic heterocycles. The molecule has 0 unspecified atom stereocenters. The summed E-state index contributed by atoms with van der Waals surface area (Å²) in [5.41, 5.74) is 1.28. The number of carbonyl (C=O) groups excluding carboxylic acids is 2. The first-order valence-corrected chi connectivity index (χ1v) is 12.0. The fourth-order valence-corrected chi connectivity index (χ4v) is 4.71. The van der Waals surface area contributed by atoms with Crippen molar-refractivity contribution in [3.05, 3.63) is 89.0 Å². The van der Waals surface area contributed by atoms with E-state index in [9.17, 15) is 18.0 Å². The van der Waals surface area contributed by atoms with Crippen LogP contribution in [0.1, 0.15) is 58.0 Å². The molecule has 0 atom stereocenters. The van der Waals surface area contributed by atoms with E-state index in [0.29, 0.717) is 23.6 Å². The number of fused-ring (bicyclic) bond motifs is 2. The first-order valence-electron chi connectivity index (χ1n) is 10.5. The molecule has 4 rings (SSSR count). The minimum absolute atomic E-state index is 0.0864. The molecule has 164 valence electrons. The highest BCUT2D eigenvalue weighted by molar-refractivity contribution is 7.92. The first-order chi connectivity index (χ1) is 15.4. The quantitative estimate of drug-likeness (QED) is 0.389. The van der Waals surface area contributed by atoms with Crippen molar-refractivity contribution in [1.82, 2.24) is 0 Å². The van der Waals surface area contributed by atoms with Gasteiger partial charge in [-0.15, -0.1) is 0 Å². The Labute approximate surface area is 187 Å². The lowest BCUT2D eigenvalue weighted by Crippen LogP contribution is -2.22. The molecule has 0 saturated carbocycles. The highest BCUT2D eigenvalue weighted by Gasteiger charge is 2.30. The molecule has 1 N–H and O–H groups in total. The Hall–Kier alpha value is -3.45. The number of ether oxygens (including phenoxy) is 1. The van der Waals surface area contributed by atoms with Crippen LogP contribution in [0.4, 0.5) is 5.69 Å². The van der Waals surface area contributed by atoms with Gasteiger partial charge >= 0.3 is 0 Å². The van der Waals surface area contributed by atoms with Gasteiger partial charge in [-0.1, -0.05) is 44.0 Å². The van der Waals surface area contributed by atoms with Gasteiger partial charge in [0, 0.05) is 27.9 Å². The van der Waals surface area contributed by atoms with Gasteiger partial charge in [-0.25, -0.2) is 8.42 Å². The molecule has 0 amide bonds. The summed E-state index contributed by atoms with van der Waals surface area (Å²) in [6.45, 7) is 2.74. The Morgan fingerprint density at radius 2 is 1.41 bits per heavy atom. The van der Waals surface area contributed by atoms with Gasteiger partial charge in [0.1, 0.15) is 5.75 Å². The van der Waals surface area contributed by atoms with E-state index >= 15 is 0 Å². The van der Waals surface area contributed by atoms with Crippen molar-refractivity contribution in [2.45, 2.75) is 31.1 Å². The highest BCUT2D eigenvalue weighted by Crippen LogP contribution is 2.29. The second-order valence-corrected chi connectivity index (χ2v) is 9.28. The summed E-state index contributed by atoms with van der Waals surface area (Å²) in [7, 11) is -3.96. The van der Waals surface area contributed by atoms with Crippen molar-refractivity contribution in [2.24, 2.45) is 0 Å². The third kappa shape index (κ3) is 4.29. The van der Waals surface area contributed by atoms with Crippen LogP contribution in [0, 0.1) is 0 Å². The SMILES string of the molecule is CCCCCOc1ccc(NS(=O)(=O)c2ccc3c(c2)C(=O)c2ccccc2C3=O)cc1. The summed E-state index contributed by atoms with van der Waals surface area (Å²) in [6, 6.07) is 17.2. The summed E-state index contributed by atoms with van der Waals surface area (Å²) in [4.78, 5) is 25.5. The Bertz CT molecular complexity index is 1280. The molecule has 1 aliphatic carbocycles. The van der Waals surface area contributed by atoms with Crippen LogP contribution < -0.4 is 9.46 Å². The molecule has 3 aromatic carbocycles. The summed E-state index contributed by atoms with van der Waals surface area (Å²) < 4.78 is 34.0. The Balaban J connectivity index is 1.54. The molecule has 0 aromatic heterocycles. The highest BCUT2D eigenvalue weighted by atomic mass is 32.2. The molecule has 32 heavy (non-hydrogen) atoms. The summed E-state index contributed by atoms with van der Waals surface area (Å²) in [5, 5.41) is 0. The standard InChI is InChI=1S/C25H23NO5S/c1-2-3-6-15-31-18-11-9-17(10-12-18)26-32(29,30)19-13-14-22-23(16-19)25(28)21-8-5-4-7-20(21)24(22)27/h4-5,7-14,16,26H,2-3,6,15H2,1H3. The molecule has 0 saturated heterocycles. The van der Waals surface area contributed by atoms with Gasteiger partial charge in [-0.3, -0.25) is 14.3 Å². The van der Waals surface area contributed by atoms with Crippen molar-refractivity contribution in [3.8, 4) is 5.75 Å². The van der Waals surface area contributed by atoms with Crippen molar-refractivity contribution in [2.75, 3.05) is 11.3 Å². The number of ketones is 2. The van der Waals surface area contributed by atoms with E-state index in [1.165, 1.54) is 18.2 Å². The number of sulfonamides is 1. The second-order valence-electron chi connectivity index (χ2n) is 7.60. The number of carbonyl (C=O) groups is 2. The number of nitrogens with one attached hydrogen (secondary N) is 1. The van der Waals surface area contributed by atoms with Crippen LogP contribution in [0.5, 0.6) is 5.75 Å². The molecule has 3 aromatic rings. The van der Waals surface area contributed by atoms with Crippen molar-refractivity contribution in [3.63, 3.8) is 0 Å². The Morgan fingerprint density at radius 3 is 2.06 bits per heavy atom. The largest absolute Gasteiger partial charge is 0.494 e. The fraction of sp³-hybridized carbons (Fsp3) is 0.200. The Morgan fingerprint density at radius 1 is 0.781 bits per heavy atom. The van der Waals surface area contributed by atoms with Crippen LogP contribution in [-0.4, -0.2) is 26.6 Å². The molecular weight excluding hydrogens is 426 g/mol. The van der Waals surface area contributed by atoms with Gasteiger partial charge in [0.05, 0.1) is 11.5 Å². The maximum absolute atomic E-state index is 12.9. The van der Waals surface area contributed by atoms with Gasteiger partial charge in [0.15, 0.2) is 11.6 Å². The summed E-state index contributed by atoms with van der Waals surface area (Å²) in [6.07, 6.45) is 3.17. The molecule has 0 bridgehead atoms. The third-order valence-electron chi connectivity index (χ3n) is 5.33. The van der Waals surface area contributed by atoms with Crippen LogP contribution in [0.2, 0.25) is 0 Å². The van der Waals surface area contributed by atoms with Crippen LogP contribution in [-0.2, 0) is 10.0 Å². The summed E-state index contributed by atoms with van der Waals surface area (Å²) >= 11 is 0. The van der Waals surface area contributed by atoms with E-state index in [1.807, 2.05) is 0 Å². The van der Waals surface area contributed by atoms with E-state index < -0.39 is 10.0 Å². The molecule has 6 nitrogen and oxygen atoms in total. The predicted octanol–water partition coefficient (Wildman–Crippen LogP) is 4.83. The van der Waals surface area contributed by atoms with E-state index in [1.54, 1.807) is 48.5 Å². The molecule has 0 heterocycles. The van der Waals surface area contributed by atoms with E-state index in [0.717, 1.165) is 19.3 Å². The molecule has 1 aliphatic rings. The van der Waals surface area contributed by atoms with Gasteiger partial charge in [0.25, 0.3) is 10.0 Å². The lowest BCUT2D eigenvalue weighted by atomic mass is 9.84. The monoisotopic (exact) mass is 449 g/mol. The van der Waals surface area contributed by atoms with Crippen molar-refractivity contribution < 1.29 is 22.7 Å². The Kier molecular flexibility index (Phi) is 6.10. The number of benzene rings is 3. The predicted molar refractivity (Wildman–Crippen MR) is 122 cm³/mol. The number of rotatable bonds is 8. The smallest absolute Gasteiger partial charge is 0.261 e. The summed E-state index contributed by atoms with van der Waals surface area (Å²) in [5.74, 6) is 0.0130. The van der Waals surface area contributed by atoms with Gasteiger partial charge in [-0.2, -0.15) is 0 Å². The maximum atomic E-state index is 12.9. The lowest BCUT2D eigenvalue weighted by molar-refractivity contribution is 0.0979. The normalized spacial score (nSPS) is 12.8. The van der Waals surface area contributed by atoms with Crippen LogP contribution in [0.3, 0.4) is 0 Å². The molecule has 0 radical (unpaired) electrons. The van der Waals surface area contributed by atoms with E-state index in [-0.39, 0.29) is 33.2 Å². The molecular formula is C25H23NO5S. The van der Waals surface area contributed by atoms with Crippen molar-refractivity contribution in [1.29, 1.82) is 0 Å². The number of hydrogen-bond donors (Lipinski definition) is 1. The zero-order chi connectivity index (χ0) is 22.7. The average Bonchev–Trinajstić information content (AvgIpc) is 2.81. The molecule has 0 fully saturated rings. The zero-order valence-corrected chi connectivity index (χ0v) is 18.4. The van der Waals surface area contributed by atoms with Crippen molar-refractivity contribution >= 4 is 27.3 Å². The lowest BCUT2D eigenvalue weighted by Gasteiger charge is -2.18. The van der Waals surface area contributed by atoms with Crippen LogP contribution >= 0.6 is 0 Å². The van der Waals surface area contributed by atoms with E-state index in [4.69, 9.17) is 4.74 Å². The average molecular weight is 450 g/mol. The minimum Gasteiger partial charge on any atom is -0.494 e. The van der Waals surface area contributed by atoms with Gasteiger partial charge < -0.3 is 4.74 Å². The first kappa shape index (κ1) is 21.8. The molecule has 0 spiro atoms. The third-order valence-corrected chi connectivity index (χ3v) is 6.71. The number of hydrogen-bond acceptors (Lipinski definition) is 5.